The van der Waals surface area contributed by atoms with Gasteiger partial charge in [0.25, 0.3) is 0 Å². The quantitative estimate of drug-likeness (QED) is 0.659. The summed E-state index contributed by atoms with van der Waals surface area (Å²) in [6, 6.07) is 15.5. The highest BCUT2D eigenvalue weighted by atomic mass is 35.5. The predicted octanol–water partition coefficient (Wildman–Crippen LogP) is 5.09. The lowest BCUT2D eigenvalue weighted by atomic mass is 10.2. The van der Waals surface area contributed by atoms with Crippen LogP contribution >= 0.6 is 35.0 Å². The molecule has 0 N–H and O–H groups in total. The molecule has 0 aliphatic carbocycles. The molecule has 2 aromatic carbocycles. The highest BCUT2D eigenvalue weighted by molar-refractivity contribution is 7.99. The number of hydrogen-bond acceptors (Lipinski definition) is 3. The molecule has 0 aliphatic rings. The molecule has 1 aromatic heterocycles. The minimum Gasteiger partial charge on any atom is -0.142 e. The number of fused-ring (bicyclic) bond motifs is 1. The largest absolute Gasteiger partial charge is 0.159 e. The van der Waals surface area contributed by atoms with E-state index in [9.17, 15) is 0 Å². The van der Waals surface area contributed by atoms with Gasteiger partial charge in [0.05, 0.1) is 0 Å². The van der Waals surface area contributed by atoms with Gasteiger partial charge in [-0.1, -0.05) is 65.3 Å². The van der Waals surface area contributed by atoms with Crippen molar-refractivity contribution < 1.29 is 0 Å². The Morgan fingerprint density at radius 2 is 1.63 bits per heavy atom. The van der Waals surface area contributed by atoms with Crippen molar-refractivity contribution in [3.8, 4) is 0 Å². The third-order valence-electron chi connectivity index (χ3n) is 2.62. The van der Waals surface area contributed by atoms with Crippen LogP contribution in [0.2, 0.25) is 10.2 Å². The summed E-state index contributed by atoms with van der Waals surface area (Å²) in [4.78, 5) is 1.02. The van der Waals surface area contributed by atoms with Crippen LogP contribution < -0.4 is 0 Å². The molecule has 5 heteroatoms. The van der Waals surface area contributed by atoms with Crippen molar-refractivity contribution in [1.29, 1.82) is 0 Å². The van der Waals surface area contributed by atoms with E-state index in [1.54, 1.807) is 0 Å². The molecule has 2 nitrogen and oxygen atoms in total. The fourth-order valence-electron chi connectivity index (χ4n) is 1.76. The molecule has 0 amide bonds. The van der Waals surface area contributed by atoms with Gasteiger partial charge in [-0.2, -0.15) is 0 Å². The first-order valence-electron chi connectivity index (χ1n) is 5.58. The maximum atomic E-state index is 6.05. The van der Waals surface area contributed by atoms with Crippen molar-refractivity contribution >= 4 is 45.7 Å². The molecule has 0 fully saturated rings. The van der Waals surface area contributed by atoms with Gasteiger partial charge in [0.1, 0.15) is 5.03 Å². The Morgan fingerprint density at radius 1 is 0.842 bits per heavy atom. The van der Waals surface area contributed by atoms with Crippen molar-refractivity contribution in [3.63, 3.8) is 0 Å². The summed E-state index contributed by atoms with van der Waals surface area (Å²) in [6.07, 6.45) is 0. The minimum atomic E-state index is 0.422. The molecule has 0 saturated heterocycles. The van der Waals surface area contributed by atoms with Gasteiger partial charge < -0.3 is 0 Å². The summed E-state index contributed by atoms with van der Waals surface area (Å²) in [5.41, 5.74) is 0. The van der Waals surface area contributed by atoms with E-state index in [1.807, 2.05) is 48.5 Å². The Morgan fingerprint density at radius 3 is 2.42 bits per heavy atom. The summed E-state index contributed by atoms with van der Waals surface area (Å²) in [5, 5.41) is 12.0. The topological polar surface area (TPSA) is 25.8 Å². The van der Waals surface area contributed by atoms with Gasteiger partial charge in [-0.05, 0) is 18.2 Å². The monoisotopic (exact) mass is 306 g/mol. The maximum absolute atomic E-state index is 6.05. The van der Waals surface area contributed by atoms with E-state index in [0.29, 0.717) is 10.2 Å². The Kier molecular flexibility index (Phi) is 3.60. The standard InChI is InChI=1S/C14H8Cl2N2S/c15-9-4-3-5-10(8-9)19-14-12-7-2-1-6-11(12)13(16)17-18-14/h1-8H. The molecule has 19 heavy (non-hydrogen) atoms. The second kappa shape index (κ2) is 5.37. The van der Waals surface area contributed by atoms with Crippen molar-refractivity contribution in [3.05, 3.63) is 58.7 Å². The third-order valence-corrected chi connectivity index (χ3v) is 4.12. The molecule has 1 heterocycles. The zero-order valence-electron chi connectivity index (χ0n) is 9.68. The lowest BCUT2D eigenvalue weighted by Crippen LogP contribution is -1.89. The second-order valence-corrected chi connectivity index (χ2v) is 5.76. The first-order chi connectivity index (χ1) is 9.24. The molecule has 0 bridgehead atoms. The van der Waals surface area contributed by atoms with Crippen molar-refractivity contribution in [2.45, 2.75) is 9.92 Å². The second-order valence-electron chi connectivity index (χ2n) is 3.90. The summed E-state index contributed by atoms with van der Waals surface area (Å²) < 4.78 is 0. The SMILES string of the molecule is Clc1cccc(Sc2nnc(Cl)c3ccccc23)c1. The fourth-order valence-corrected chi connectivity index (χ4v) is 3.15. The van der Waals surface area contributed by atoms with E-state index in [4.69, 9.17) is 23.2 Å². The molecule has 94 valence electrons. The van der Waals surface area contributed by atoms with Crippen LogP contribution in [0.25, 0.3) is 10.8 Å². The molecule has 0 saturated carbocycles. The summed E-state index contributed by atoms with van der Waals surface area (Å²) in [6.45, 7) is 0. The highest BCUT2D eigenvalue weighted by Gasteiger charge is 2.08. The van der Waals surface area contributed by atoms with Crippen LogP contribution in [0.15, 0.2) is 58.5 Å². The van der Waals surface area contributed by atoms with E-state index < -0.39 is 0 Å². The minimum absolute atomic E-state index is 0.422. The van der Waals surface area contributed by atoms with E-state index in [2.05, 4.69) is 10.2 Å². The molecule has 0 atom stereocenters. The average molecular weight is 307 g/mol. The molecule has 3 aromatic rings. The molecule has 0 radical (unpaired) electrons. The first-order valence-corrected chi connectivity index (χ1v) is 7.15. The highest BCUT2D eigenvalue weighted by Crippen LogP contribution is 2.34. The van der Waals surface area contributed by atoms with Crippen LogP contribution in [0.1, 0.15) is 0 Å². The lowest BCUT2D eigenvalue weighted by molar-refractivity contribution is 0.956. The zero-order valence-corrected chi connectivity index (χ0v) is 12.0. The molecular formula is C14H8Cl2N2S. The lowest BCUT2D eigenvalue weighted by Gasteiger charge is -2.05. The van der Waals surface area contributed by atoms with Crippen LogP contribution in [0.5, 0.6) is 0 Å². The van der Waals surface area contributed by atoms with Gasteiger partial charge in [0.2, 0.25) is 0 Å². The predicted molar refractivity (Wildman–Crippen MR) is 80.1 cm³/mol. The normalized spacial score (nSPS) is 10.8. The number of halogens is 2. The number of nitrogens with zero attached hydrogens (tertiary/aromatic N) is 2. The Bertz CT molecular complexity index is 746. The van der Waals surface area contributed by atoms with Gasteiger partial charge in [-0.3, -0.25) is 0 Å². The number of rotatable bonds is 2. The van der Waals surface area contributed by atoms with E-state index in [0.717, 1.165) is 20.7 Å². The molecular weight excluding hydrogens is 299 g/mol. The molecule has 0 aliphatic heterocycles. The number of hydrogen-bond donors (Lipinski definition) is 0. The number of benzene rings is 2. The van der Waals surface area contributed by atoms with Crippen LogP contribution in [0, 0.1) is 0 Å². The van der Waals surface area contributed by atoms with Crippen molar-refractivity contribution in [2.24, 2.45) is 0 Å². The van der Waals surface area contributed by atoms with E-state index >= 15 is 0 Å². The molecule has 3 rings (SSSR count). The fraction of sp³-hybridized carbons (Fsp3) is 0. The zero-order chi connectivity index (χ0) is 13.2. The first kappa shape index (κ1) is 12.7. The van der Waals surface area contributed by atoms with Crippen molar-refractivity contribution in [2.75, 3.05) is 0 Å². The Labute approximate surface area is 124 Å². The van der Waals surface area contributed by atoms with Crippen molar-refractivity contribution in [1.82, 2.24) is 10.2 Å². The van der Waals surface area contributed by atoms with E-state index in [1.165, 1.54) is 11.8 Å². The maximum Gasteiger partial charge on any atom is 0.159 e. The summed E-state index contributed by atoms with van der Waals surface area (Å²) >= 11 is 13.6. The van der Waals surface area contributed by atoms with Gasteiger partial charge in [0, 0.05) is 20.7 Å². The third kappa shape index (κ3) is 2.68. The van der Waals surface area contributed by atoms with E-state index in [-0.39, 0.29) is 0 Å². The summed E-state index contributed by atoms with van der Waals surface area (Å²) in [7, 11) is 0. The van der Waals surface area contributed by atoms with Gasteiger partial charge in [0.15, 0.2) is 5.15 Å². The van der Waals surface area contributed by atoms with Gasteiger partial charge in [-0.25, -0.2) is 0 Å². The average Bonchev–Trinajstić information content (AvgIpc) is 2.42. The molecule has 0 spiro atoms. The van der Waals surface area contributed by atoms with Gasteiger partial charge >= 0.3 is 0 Å². The van der Waals surface area contributed by atoms with Crippen LogP contribution in [-0.2, 0) is 0 Å². The van der Waals surface area contributed by atoms with Gasteiger partial charge in [-0.15, -0.1) is 10.2 Å². The summed E-state index contributed by atoms with van der Waals surface area (Å²) in [5.74, 6) is 0. The molecule has 0 unspecified atom stereocenters. The van der Waals surface area contributed by atoms with Crippen LogP contribution in [0.4, 0.5) is 0 Å². The Hall–Kier alpha value is -1.29. The van der Waals surface area contributed by atoms with Crippen LogP contribution in [-0.4, -0.2) is 10.2 Å². The Balaban J connectivity index is 2.09. The smallest absolute Gasteiger partial charge is 0.142 e. The number of aromatic nitrogens is 2. The van der Waals surface area contributed by atoms with Crippen LogP contribution in [0.3, 0.4) is 0 Å².